The number of unbranched alkanes of at least 4 members (excludes halogenated alkanes) is 18. The van der Waals surface area contributed by atoms with E-state index < -0.39 is 59.8 Å². The van der Waals surface area contributed by atoms with E-state index in [1.54, 1.807) is 0 Å². The highest BCUT2D eigenvalue weighted by molar-refractivity contribution is 7.80. The van der Waals surface area contributed by atoms with Gasteiger partial charge in [0.15, 0.2) is 6.29 Å². The minimum Gasteiger partial charge on any atom is -0.457 e. The minimum atomic E-state index is -5.05. The molecule has 6 atom stereocenters. The number of hydrogen-bond donors (Lipinski definition) is 4. The van der Waals surface area contributed by atoms with E-state index in [0.717, 1.165) is 51.4 Å². The van der Waals surface area contributed by atoms with Gasteiger partial charge in [0.2, 0.25) is 0 Å². The molecule has 13 heteroatoms. The average molecular weight is 739 g/mol. The summed E-state index contributed by atoms with van der Waals surface area (Å²) in [4.78, 5) is 12.7. The van der Waals surface area contributed by atoms with Crippen LogP contribution in [0, 0.1) is 0 Å². The first-order chi connectivity index (χ1) is 24.1. The predicted octanol–water partition coefficient (Wildman–Crippen LogP) is 6.74. The van der Waals surface area contributed by atoms with Gasteiger partial charge in [0.05, 0.1) is 19.8 Å². The summed E-state index contributed by atoms with van der Waals surface area (Å²) in [6, 6.07) is 0. The maximum absolute atomic E-state index is 12.7. The molecule has 6 unspecified atom stereocenters. The molecule has 0 saturated carbocycles. The molecular weight excluding hydrogens is 668 g/mol. The van der Waals surface area contributed by atoms with E-state index in [9.17, 15) is 28.5 Å². The molecule has 1 fully saturated rings. The molecule has 0 spiro atoms. The Kier molecular flexibility index (Phi) is 28.4. The van der Waals surface area contributed by atoms with Crippen LogP contribution in [0.1, 0.15) is 155 Å². The molecule has 0 aromatic rings. The number of carbonyl (C=O) groups is 1. The summed E-state index contributed by atoms with van der Waals surface area (Å²) in [6.45, 7) is 3.90. The first-order valence-electron chi connectivity index (χ1n) is 19.4. The highest BCUT2D eigenvalue weighted by Gasteiger charge is 2.48. The van der Waals surface area contributed by atoms with Crippen LogP contribution in [0.3, 0.4) is 0 Å². The Morgan fingerprint density at radius 3 is 1.88 bits per heavy atom. The van der Waals surface area contributed by atoms with Crippen LogP contribution < -0.4 is 0 Å². The zero-order chi connectivity index (χ0) is 36.9. The second-order valence-electron chi connectivity index (χ2n) is 13.5. The van der Waals surface area contributed by atoms with Crippen molar-refractivity contribution in [2.45, 2.75) is 192 Å². The topological polar surface area (TPSA) is 178 Å². The molecule has 1 aliphatic heterocycles. The highest BCUT2D eigenvalue weighted by Crippen LogP contribution is 2.26. The molecule has 296 valence electrons. The third-order valence-corrected chi connectivity index (χ3v) is 9.33. The van der Waals surface area contributed by atoms with Gasteiger partial charge in [0.25, 0.3) is 0 Å². The lowest BCUT2D eigenvalue weighted by Gasteiger charge is -2.41. The van der Waals surface area contributed by atoms with Gasteiger partial charge in [-0.1, -0.05) is 129 Å². The van der Waals surface area contributed by atoms with Gasteiger partial charge in [-0.2, -0.15) is 8.42 Å². The molecule has 0 amide bonds. The number of hydrogen-bond acceptors (Lipinski definition) is 11. The van der Waals surface area contributed by atoms with Crippen LogP contribution in [0.2, 0.25) is 0 Å². The van der Waals surface area contributed by atoms with Gasteiger partial charge in [-0.15, -0.1) is 0 Å². The number of rotatable bonds is 33. The molecule has 4 N–H and O–H groups in total. The van der Waals surface area contributed by atoms with Gasteiger partial charge in [-0.3, -0.25) is 9.35 Å². The van der Waals surface area contributed by atoms with Crippen LogP contribution in [-0.4, -0.2) is 97.5 Å². The lowest BCUT2D eigenvalue weighted by molar-refractivity contribution is -0.301. The Hall–Kier alpha value is -1.16. The van der Waals surface area contributed by atoms with Gasteiger partial charge in [-0.25, -0.2) is 4.18 Å². The second kappa shape index (κ2) is 30.3. The lowest BCUT2D eigenvalue weighted by Crippen LogP contribution is -2.60. The second-order valence-corrected chi connectivity index (χ2v) is 14.6. The van der Waals surface area contributed by atoms with E-state index >= 15 is 0 Å². The maximum Gasteiger partial charge on any atom is 0.397 e. The van der Waals surface area contributed by atoms with Crippen LogP contribution >= 0.6 is 0 Å². The van der Waals surface area contributed by atoms with Crippen molar-refractivity contribution in [1.82, 2.24) is 0 Å². The van der Waals surface area contributed by atoms with Gasteiger partial charge in [0, 0.05) is 13.0 Å². The van der Waals surface area contributed by atoms with Crippen LogP contribution in [0.15, 0.2) is 12.2 Å². The smallest absolute Gasteiger partial charge is 0.397 e. The van der Waals surface area contributed by atoms with Crippen molar-refractivity contribution in [2.75, 3.05) is 26.4 Å². The summed E-state index contributed by atoms with van der Waals surface area (Å²) < 4.78 is 58.7. The fourth-order valence-electron chi connectivity index (χ4n) is 5.91. The number of aliphatic hydroxyl groups excluding tert-OH is 3. The van der Waals surface area contributed by atoms with Crippen molar-refractivity contribution in [1.29, 1.82) is 0 Å². The first kappa shape index (κ1) is 46.9. The molecule has 50 heavy (non-hydrogen) atoms. The van der Waals surface area contributed by atoms with Crippen molar-refractivity contribution in [3.8, 4) is 0 Å². The number of allylic oxidation sites excluding steroid dienone is 2. The summed E-state index contributed by atoms with van der Waals surface area (Å²) in [5, 5.41) is 30.5. The molecule has 1 saturated heterocycles. The third-order valence-electron chi connectivity index (χ3n) is 8.87. The van der Waals surface area contributed by atoms with Crippen LogP contribution in [0.25, 0.3) is 0 Å². The zero-order valence-electron chi connectivity index (χ0n) is 31.0. The van der Waals surface area contributed by atoms with Crippen molar-refractivity contribution < 1.29 is 56.2 Å². The van der Waals surface area contributed by atoms with E-state index in [4.69, 9.17) is 23.5 Å². The van der Waals surface area contributed by atoms with E-state index in [-0.39, 0.29) is 19.6 Å². The quantitative estimate of drug-likeness (QED) is 0.0242. The first-order valence-corrected chi connectivity index (χ1v) is 20.8. The molecule has 0 aromatic heterocycles. The SMILES string of the molecule is CCC/C=C\CCCCCCCCOCC(COC1OC(CO)C(O)C(OS(=O)(=O)O)C1O)OC(=O)CCCCCCCCCCCCCC. The molecule has 12 nitrogen and oxygen atoms in total. The van der Waals surface area contributed by atoms with Gasteiger partial charge >= 0.3 is 16.4 Å². The Balaban J connectivity index is 2.51. The largest absolute Gasteiger partial charge is 0.457 e. The van der Waals surface area contributed by atoms with Gasteiger partial charge in [-0.05, 0) is 32.1 Å². The summed E-state index contributed by atoms with van der Waals surface area (Å²) in [7, 11) is -5.05. The van der Waals surface area contributed by atoms with E-state index in [2.05, 4.69) is 30.2 Å². The standard InChI is InChI=1S/C37H70O12S/c1-3-5-7-9-11-13-15-16-18-20-22-24-26-33(39)47-31(29-45-27-25-23-21-19-17-14-12-10-8-6-4-2)30-46-37-35(41)36(49-50(42,43)44)34(40)32(28-38)48-37/h8,10,31-32,34-38,40-41H,3-7,9,11-30H2,1-2H3,(H,42,43,44)/b10-8-. The summed E-state index contributed by atoms with van der Waals surface area (Å²) >= 11 is 0. The molecule has 1 aliphatic rings. The van der Waals surface area contributed by atoms with Gasteiger partial charge < -0.3 is 34.3 Å². The molecule has 1 heterocycles. The molecule has 0 radical (unpaired) electrons. The predicted molar refractivity (Wildman–Crippen MR) is 193 cm³/mol. The molecule has 0 bridgehead atoms. The van der Waals surface area contributed by atoms with E-state index in [1.807, 2.05) is 0 Å². The number of aliphatic hydroxyl groups is 3. The van der Waals surface area contributed by atoms with Crippen molar-refractivity contribution in [3.63, 3.8) is 0 Å². The molecule has 0 aromatic carbocycles. The Morgan fingerprint density at radius 1 is 0.740 bits per heavy atom. The molecular formula is C37H70O12S. The zero-order valence-corrected chi connectivity index (χ0v) is 31.8. The number of carbonyl (C=O) groups excluding carboxylic acids is 1. The summed E-state index contributed by atoms with van der Waals surface area (Å²) in [6.07, 6.45) is 19.7. The van der Waals surface area contributed by atoms with Crippen molar-refractivity contribution >= 4 is 16.4 Å². The lowest BCUT2D eigenvalue weighted by atomic mass is 9.99. The van der Waals surface area contributed by atoms with Crippen molar-refractivity contribution in [3.05, 3.63) is 12.2 Å². The maximum atomic E-state index is 12.7. The van der Waals surface area contributed by atoms with Crippen molar-refractivity contribution in [2.24, 2.45) is 0 Å². The molecule has 1 rings (SSSR count). The van der Waals surface area contributed by atoms with E-state index in [1.165, 1.54) is 77.0 Å². The number of esters is 1. The average Bonchev–Trinajstić information content (AvgIpc) is 3.08. The molecule has 0 aliphatic carbocycles. The van der Waals surface area contributed by atoms with Crippen LogP contribution in [0.5, 0.6) is 0 Å². The summed E-state index contributed by atoms with van der Waals surface area (Å²) in [5.41, 5.74) is 0. The Labute approximate surface area is 302 Å². The van der Waals surface area contributed by atoms with Crippen LogP contribution in [-0.2, 0) is 38.3 Å². The van der Waals surface area contributed by atoms with E-state index in [0.29, 0.717) is 13.0 Å². The number of ether oxygens (including phenoxy) is 4. The van der Waals surface area contributed by atoms with Crippen LogP contribution in [0.4, 0.5) is 0 Å². The Morgan fingerprint density at radius 2 is 1.30 bits per heavy atom. The summed E-state index contributed by atoms with van der Waals surface area (Å²) in [5.74, 6) is -0.403. The third kappa shape index (κ3) is 24.2. The minimum absolute atomic E-state index is 0.0358. The van der Waals surface area contributed by atoms with Gasteiger partial charge in [0.1, 0.15) is 30.5 Å². The Bertz CT molecular complexity index is 947. The fourth-order valence-corrected chi connectivity index (χ4v) is 6.42. The fraction of sp³-hybridized carbons (Fsp3) is 0.919. The normalized spacial score (nSPS) is 21.9. The monoisotopic (exact) mass is 738 g/mol. The highest BCUT2D eigenvalue weighted by atomic mass is 32.3.